The van der Waals surface area contributed by atoms with Gasteiger partial charge in [-0.1, -0.05) is 30.0 Å². The van der Waals surface area contributed by atoms with E-state index >= 15 is 0 Å². The maximum Gasteiger partial charge on any atom is 0.409 e. The van der Waals surface area contributed by atoms with Crippen molar-refractivity contribution in [2.24, 2.45) is 0 Å². The van der Waals surface area contributed by atoms with E-state index in [2.05, 4.69) is 0 Å². The summed E-state index contributed by atoms with van der Waals surface area (Å²) < 4.78 is 12.5. The van der Waals surface area contributed by atoms with Gasteiger partial charge in [-0.2, -0.15) is 0 Å². The zero-order chi connectivity index (χ0) is 26.5. The first-order valence-electron chi connectivity index (χ1n) is 12.4. The number of anilines is 1. The highest BCUT2D eigenvalue weighted by Gasteiger charge is 2.33. The van der Waals surface area contributed by atoms with Crippen molar-refractivity contribution < 1.29 is 19.1 Å². The third-order valence-corrected chi connectivity index (χ3v) is 7.57. The molecule has 0 spiro atoms. The van der Waals surface area contributed by atoms with Crippen LogP contribution < -0.4 is 10.5 Å². The van der Waals surface area contributed by atoms with Gasteiger partial charge >= 0.3 is 6.09 Å². The van der Waals surface area contributed by atoms with Gasteiger partial charge in [-0.05, 0) is 44.9 Å². The second-order valence-electron chi connectivity index (χ2n) is 8.60. The largest absolute Gasteiger partial charge is 0.450 e. The van der Waals surface area contributed by atoms with E-state index in [-0.39, 0.29) is 17.6 Å². The van der Waals surface area contributed by atoms with E-state index in [4.69, 9.17) is 26.7 Å². The van der Waals surface area contributed by atoms with Gasteiger partial charge in [0.1, 0.15) is 15.8 Å². The number of hydrogen-bond donors (Lipinski definition) is 0. The number of thiocarbonyl (C=S) groups is 1. The lowest BCUT2D eigenvalue weighted by atomic mass is 10.2. The fourth-order valence-corrected chi connectivity index (χ4v) is 5.57. The molecule has 0 unspecified atom stereocenters. The first kappa shape index (κ1) is 27.1. The molecule has 2 amide bonds. The Bertz CT molecular complexity index is 1290. The van der Waals surface area contributed by atoms with Crippen LogP contribution in [0.5, 0.6) is 0 Å². The molecule has 2 fully saturated rings. The van der Waals surface area contributed by atoms with Crippen molar-refractivity contribution in [3.8, 4) is 0 Å². The third kappa shape index (κ3) is 5.81. The second-order valence-corrected chi connectivity index (χ2v) is 10.3. The Hall–Kier alpha value is -2.96. The van der Waals surface area contributed by atoms with Crippen molar-refractivity contribution in [1.29, 1.82) is 0 Å². The number of fused-ring (bicyclic) bond motifs is 1. The molecule has 0 N–H and O–H groups in total. The van der Waals surface area contributed by atoms with E-state index in [1.807, 2.05) is 24.8 Å². The van der Waals surface area contributed by atoms with Crippen LogP contribution >= 0.6 is 24.0 Å². The Kier molecular flexibility index (Phi) is 8.83. The van der Waals surface area contributed by atoms with Crippen molar-refractivity contribution in [1.82, 2.24) is 19.2 Å². The quantitative estimate of drug-likeness (QED) is 0.282. The summed E-state index contributed by atoms with van der Waals surface area (Å²) in [5.74, 6) is 0.266. The number of thioether (sulfide) groups is 1. The number of nitrogens with zero attached hydrogens (tertiary/aromatic N) is 5. The number of carbonyl (C=O) groups excluding carboxylic acids is 2. The zero-order valence-corrected chi connectivity index (χ0v) is 22.9. The molecule has 2 aliphatic heterocycles. The van der Waals surface area contributed by atoms with Gasteiger partial charge in [-0.3, -0.25) is 18.9 Å². The van der Waals surface area contributed by atoms with Crippen LogP contribution in [0.1, 0.15) is 31.4 Å². The minimum Gasteiger partial charge on any atom is -0.450 e. The topological polar surface area (TPSA) is 96.7 Å². The highest BCUT2D eigenvalue weighted by molar-refractivity contribution is 8.26. The van der Waals surface area contributed by atoms with Crippen LogP contribution in [0.15, 0.2) is 28.0 Å². The lowest BCUT2D eigenvalue weighted by Gasteiger charge is -2.35. The summed E-state index contributed by atoms with van der Waals surface area (Å²) in [6, 6.07) is 3.70. The predicted octanol–water partition coefficient (Wildman–Crippen LogP) is 2.91. The highest BCUT2D eigenvalue weighted by Crippen LogP contribution is 2.34. The number of aryl methyl sites for hydroxylation is 1. The number of hydrogen-bond acceptors (Lipinski definition) is 9. The Balaban J connectivity index is 1.68. The average Bonchev–Trinajstić information content (AvgIpc) is 3.16. The molecule has 4 rings (SSSR count). The first-order valence-corrected chi connectivity index (χ1v) is 13.6. The average molecular weight is 546 g/mol. The summed E-state index contributed by atoms with van der Waals surface area (Å²) in [4.78, 5) is 49.5. The van der Waals surface area contributed by atoms with Gasteiger partial charge in [0.2, 0.25) is 0 Å². The van der Waals surface area contributed by atoms with Gasteiger partial charge < -0.3 is 19.3 Å². The first-order chi connectivity index (χ1) is 17.8. The summed E-state index contributed by atoms with van der Waals surface area (Å²) in [5.41, 5.74) is 1.47. The van der Waals surface area contributed by atoms with E-state index in [9.17, 15) is 14.4 Å². The molecule has 2 aromatic rings. The molecule has 10 nitrogen and oxygen atoms in total. The number of piperazine rings is 1. The monoisotopic (exact) mass is 545 g/mol. The fourth-order valence-electron chi connectivity index (χ4n) is 4.28. The van der Waals surface area contributed by atoms with E-state index < -0.39 is 0 Å². The smallest absolute Gasteiger partial charge is 0.409 e. The van der Waals surface area contributed by atoms with E-state index in [1.165, 1.54) is 16.2 Å². The van der Waals surface area contributed by atoms with Gasteiger partial charge in [-0.25, -0.2) is 9.78 Å². The highest BCUT2D eigenvalue weighted by atomic mass is 32.2. The van der Waals surface area contributed by atoms with Crippen molar-refractivity contribution in [3.63, 3.8) is 0 Å². The standard InChI is InChI=1S/C25H31N5O5S2/c1-4-34-15-7-10-30-23(32)19(37-25(30)36)16-18-21(26-20-17(3)8-6-9-29(20)22(18)31)27-11-13-28(14-12-27)24(33)35-5-2/h6,8-9,16H,4-5,7,10-15H2,1-3H3/b19-16+. The molecule has 0 atom stereocenters. The van der Waals surface area contributed by atoms with Crippen molar-refractivity contribution >= 4 is 57.8 Å². The normalized spacial score (nSPS) is 17.4. The molecular formula is C25H31N5O5S2. The molecule has 0 bridgehead atoms. The van der Waals surface area contributed by atoms with Crippen LogP contribution in [0.4, 0.5) is 10.6 Å². The summed E-state index contributed by atoms with van der Waals surface area (Å²) in [7, 11) is 0. The maximum atomic E-state index is 13.7. The molecule has 2 aromatic heterocycles. The maximum absolute atomic E-state index is 13.7. The summed E-state index contributed by atoms with van der Waals surface area (Å²) in [5, 5.41) is 0. The Morgan fingerprint density at radius 1 is 1.19 bits per heavy atom. The SMILES string of the molecule is CCOCCCN1C(=O)/C(=C\c2c(N3CCN(C(=O)OCC)CC3)nc3c(C)cccn3c2=O)SC1=S. The lowest BCUT2D eigenvalue weighted by molar-refractivity contribution is -0.122. The van der Waals surface area contributed by atoms with Crippen molar-refractivity contribution in [3.05, 3.63) is 44.7 Å². The predicted molar refractivity (Wildman–Crippen MR) is 148 cm³/mol. The second kappa shape index (κ2) is 12.1. The van der Waals surface area contributed by atoms with Crippen LogP contribution in [0.25, 0.3) is 11.7 Å². The van der Waals surface area contributed by atoms with E-state index in [0.717, 1.165) is 5.56 Å². The lowest BCUT2D eigenvalue weighted by Crippen LogP contribution is -2.49. The van der Waals surface area contributed by atoms with Gasteiger partial charge in [0, 0.05) is 52.1 Å². The Morgan fingerprint density at radius 2 is 1.95 bits per heavy atom. The van der Waals surface area contributed by atoms with Gasteiger partial charge in [0.15, 0.2) is 0 Å². The molecule has 37 heavy (non-hydrogen) atoms. The number of pyridine rings is 1. The molecule has 0 radical (unpaired) electrons. The van der Waals surface area contributed by atoms with E-state index in [1.54, 1.807) is 35.1 Å². The number of carbonyl (C=O) groups is 2. The Morgan fingerprint density at radius 3 is 2.65 bits per heavy atom. The van der Waals surface area contributed by atoms with Gasteiger partial charge in [0.25, 0.3) is 11.5 Å². The van der Waals surface area contributed by atoms with E-state index in [0.29, 0.717) is 85.2 Å². The molecule has 0 aromatic carbocycles. The molecule has 0 saturated carbocycles. The minimum absolute atomic E-state index is 0.224. The summed E-state index contributed by atoms with van der Waals surface area (Å²) in [6.07, 6.45) is 3.61. The molecule has 0 aliphatic carbocycles. The zero-order valence-electron chi connectivity index (χ0n) is 21.3. The van der Waals surface area contributed by atoms with Crippen molar-refractivity contribution in [2.75, 3.05) is 57.4 Å². The molecule has 12 heteroatoms. The molecule has 2 aliphatic rings. The fraction of sp³-hybridized carbons (Fsp3) is 0.480. The van der Waals surface area contributed by atoms with Crippen LogP contribution in [-0.4, -0.2) is 88.0 Å². The van der Waals surface area contributed by atoms with Crippen LogP contribution in [0.3, 0.4) is 0 Å². The summed E-state index contributed by atoms with van der Waals surface area (Å²) >= 11 is 6.65. The minimum atomic E-state index is -0.349. The number of aromatic nitrogens is 2. The van der Waals surface area contributed by atoms with Crippen LogP contribution in [0, 0.1) is 6.92 Å². The Labute approximate surface area is 225 Å². The van der Waals surface area contributed by atoms with Gasteiger partial charge in [0.05, 0.1) is 17.1 Å². The number of rotatable bonds is 8. The number of ether oxygens (including phenoxy) is 2. The molecular weight excluding hydrogens is 514 g/mol. The third-order valence-electron chi connectivity index (χ3n) is 6.19. The molecule has 2 saturated heterocycles. The molecule has 198 valence electrons. The van der Waals surface area contributed by atoms with Crippen LogP contribution in [0.2, 0.25) is 0 Å². The number of amides is 2. The summed E-state index contributed by atoms with van der Waals surface area (Å²) in [6.45, 7) is 9.37. The van der Waals surface area contributed by atoms with Crippen LogP contribution in [-0.2, 0) is 14.3 Å². The van der Waals surface area contributed by atoms with Gasteiger partial charge in [-0.15, -0.1) is 0 Å². The van der Waals surface area contributed by atoms with Crippen molar-refractivity contribution in [2.45, 2.75) is 27.2 Å². The molecule has 4 heterocycles.